The average molecular weight is 447 g/mol. The van der Waals surface area contributed by atoms with Crippen molar-refractivity contribution >= 4 is 44.9 Å². The van der Waals surface area contributed by atoms with E-state index in [4.69, 9.17) is 11.6 Å². The summed E-state index contributed by atoms with van der Waals surface area (Å²) in [7, 11) is 0. The van der Waals surface area contributed by atoms with Gasteiger partial charge in [-0.25, -0.2) is 0 Å². The van der Waals surface area contributed by atoms with Gasteiger partial charge < -0.3 is 5.32 Å². The summed E-state index contributed by atoms with van der Waals surface area (Å²) in [6, 6.07) is 13.1. The van der Waals surface area contributed by atoms with Crippen LogP contribution in [0.5, 0.6) is 0 Å². The molecule has 27 heavy (non-hydrogen) atoms. The Balaban J connectivity index is 1.88. The molecule has 1 atom stereocenters. The van der Waals surface area contributed by atoms with Gasteiger partial charge in [0.05, 0.1) is 15.9 Å². The number of carbonyl (C=O) groups is 2. The molecule has 1 amide bonds. The van der Waals surface area contributed by atoms with Gasteiger partial charge in [-0.3, -0.25) is 14.3 Å². The molecule has 3 rings (SSSR count). The van der Waals surface area contributed by atoms with Crippen LogP contribution in [0.4, 0.5) is 5.69 Å². The molecule has 0 aliphatic rings. The second-order valence-electron chi connectivity index (χ2n) is 6.09. The van der Waals surface area contributed by atoms with E-state index in [9.17, 15) is 9.59 Å². The molecule has 1 N–H and O–H groups in total. The third kappa shape index (κ3) is 4.28. The molecule has 2 aromatic carbocycles. The molecule has 1 aromatic heterocycles. The van der Waals surface area contributed by atoms with E-state index in [1.807, 2.05) is 13.0 Å². The van der Waals surface area contributed by atoms with Crippen LogP contribution >= 0.6 is 27.5 Å². The van der Waals surface area contributed by atoms with Gasteiger partial charge in [0.2, 0.25) is 5.91 Å². The SMILES string of the molecule is Cc1nn(C(C)C(=O)Nc2ccc(Cl)cc2C(=O)c2ccccc2)cc1Br. The molecule has 0 spiro atoms. The molecule has 0 saturated carbocycles. The summed E-state index contributed by atoms with van der Waals surface area (Å²) in [5.41, 5.74) is 2.07. The van der Waals surface area contributed by atoms with Crippen LogP contribution in [0.25, 0.3) is 0 Å². The fourth-order valence-electron chi connectivity index (χ4n) is 2.57. The van der Waals surface area contributed by atoms with Gasteiger partial charge in [-0.2, -0.15) is 5.10 Å². The topological polar surface area (TPSA) is 64.0 Å². The first kappa shape index (κ1) is 19.3. The quantitative estimate of drug-likeness (QED) is 0.559. The van der Waals surface area contributed by atoms with E-state index in [0.29, 0.717) is 21.8 Å². The highest BCUT2D eigenvalue weighted by Crippen LogP contribution is 2.25. The normalized spacial score (nSPS) is 11.9. The van der Waals surface area contributed by atoms with Crippen LogP contribution in [-0.2, 0) is 4.79 Å². The first-order chi connectivity index (χ1) is 12.9. The summed E-state index contributed by atoms with van der Waals surface area (Å²) in [5.74, 6) is -0.492. The van der Waals surface area contributed by atoms with E-state index in [2.05, 4.69) is 26.3 Å². The number of anilines is 1. The van der Waals surface area contributed by atoms with E-state index in [1.165, 1.54) is 0 Å². The fourth-order valence-corrected chi connectivity index (χ4v) is 3.03. The van der Waals surface area contributed by atoms with Crippen molar-refractivity contribution in [2.75, 3.05) is 5.32 Å². The smallest absolute Gasteiger partial charge is 0.248 e. The van der Waals surface area contributed by atoms with Gasteiger partial charge in [-0.15, -0.1) is 0 Å². The number of amides is 1. The first-order valence-corrected chi connectivity index (χ1v) is 9.45. The van der Waals surface area contributed by atoms with E-state index >= 15 is 0 Å². The van der Waals surface area contributed by atoms with Crippen molar-refractivity contribution < 1.29 is 9.59 Å². The second-order valence-corrected chi connectivity index (χ2v) is 7.38. The molecule has 0 fully saturated rings. The Kier molecular flexibility index (Phi) is 5.77. The Labute approximate surface area is 170 Å². The van der Waals surface area contributed by atoms with Crippen molar-refractivity contribution in [2.45, 2.75) is 19.9 Å². The Hall–Kier alpha value is -2.44. The van der Waals surface area contributed by atoms with Gasteiger partial charge in [-0.05, 0) is 48.0 Å². The molecule has 138 valence electrons. The van der Waals surface area contributed by atoms with Crippen molar-refractivity contribution in [1.29, 1.82) is 0 Å². The lowest BCUT2D eigenvalue weighted by Crippen LogP contribution is -2.25. The highest BCUT2D eigenvalue weighted by atomic mass is 79.9. The number of nitrogens with one attached hydrogen (secondary N) is 1. The maximum atomic E-state index is 12.9. The maximum Gasteiger partial charge on any atom is 0.248 e. The number of hydrogen-bond donors (Lipinski definition) is 1. The zero-order valence-electron chi connectivity index (χ0n) is 14.7. The monoisotopic (exact) mass is 445 g/mol. The van der Waals surface area contributed by atoms with E-state index in [0.717, 1.165) is 10.2 Å². The van der Waals surface area contributed by atoms with Gasteiger partial charge >= 0.3 is 0 Å². The van der Waals surface area contributed by atoms with Crippen LogP contribution in [0.15, 0.2) is 59.2 Å². The lowest BCUT2D eigenvalue weighted by Gasteiger charge is -2.15. The number of carbonyl (C=O) groups excluding carboxylic acids is 2. The predicted molar refractivity (Wildman–Crippen MR) is 109 cm³/mol. The number of ketones is 1. The zero-order valence-corrected chi connectivity index (χ0v) is 17.1. The molecule has 0 aliphatic heterocycles. The molecule has 5 nitrogen and oxygen atoms in total. The fraction of sp³-hybridized carbons (Fsp3) is 0.150. The van der Waals surface area contributed by atoms with Crippen molar-refractivity contribution in [3.05, 3.63) is 81.0 Å². The summed E-state index contributed by atoms with van der Waals surface area (Å²) in [5, 5.41) is 7.56. The van der Waals surface area contributed by atoms with Crippen molar-refractivity contribution in [3.8, 4) is 0 Å². The summed E-state index contributed by atoms with van der Waals surface area (Å²) >= 11 is 9.47. The van der Waals surface area contributed by atoms with E-state index in [1.54, 1.807) is 60.3 Å². The van der Waals surface area contributed by atoms with Crippen LogP contribution in [0.1, 0.15) is 34.6 Å². The molecule has 0 aliphatic carbocycles. The van der Waals surface area contributed by atoms with Crippen LogP contribution in [0.2, 0.25) is 5.02 Å². The summed E-state index contributed by atoms with van der Waals surface area (Å²) in [6.45, 7) is 3.59. The minimum Gasteiger partial charge on any atom is -0.324 e. The molecular formula is C20H17BrClN3O2. The third-order valence-corrected chi connectivity index (χ3v) is 5.17. The highest BCUT2D eigenvalue weighted by Gasteiger charge is 2.21. The Morgan fingerprint density at radius 1 is 1.19 bits per heavy atom. The molecule has 0 radical (unpaired) electrons. The van der Waals surface area contributed by atoms with Gasteiger partial charge in [0, 0.05) is 22.3 Å². The number of aromatic nitrogens is 2. The van der Waals surface area contributed by atoms with Gasteiger partial charge in [0.1, 0.15) is 6.04 Å². The Morgan fingerprint density at radius 3 is 2.52 bits per heavy atom. The van der Waals surface area contributed by atoms with Crippen molar-refractivity contribution in [2.24, 2.45) is 0 Å². The summed E-state index contributed by atoms with van der Waals surface area (Å²) in [4.78, 5) is 25.6. The number of halogens is 2. The summed E-state index contributed by atoms with van der Waals surface area (Å²) in [6.07, 6.45) is 1.75. The minimum absolute atomic E-state index is 0.210. The largest absolute Gasteiger partial charge is 0.324 e. The average Bonchev–Trinajstić information content (AvgIpc) is 3.01. The predicted octanol–water partition coefficient (Wildman–Crippen LogP) is 5.04. The van der Waals surface area contributed by atoms with E-state index < -0.39 is 6.04 Å². The van der Waals surface area contributed by atoms with Crippen LogP contribution in [0, 0.1) is 6.92 Å². The van der Waals surface area contributed by atoms with Crippen LogP contribution < -0.4 is 5.32 Å². The molecule has 7 heteroatoms. The van der Waals surface area contributed by atoms with Crippen LogP contribution in [-0.4, -0.2) is 21.5 Å². The Morgan fingerprint density at radius 2 is 1.89 bits per heavy atom. The van der Waals surface area contributed by atoms with Gasteiger partial charge in [-0.1, -0.05) is 41.9 Å². The van der Waals surface area contributed by atoms with E-state index in [-0.39, 0.29) is 11.7 Å². The molecule has 0 saturated heterocycles. The van der Waals surface area contributed by atoms with Crippen molar-refractivity contribution in [1.82, 2.24) is 9.78 Å². The number of rotatable bonds is 5. The lowest BCUT2D eigenvalue weighted by atomic mass is 10.0. The Bertz CT molecular complexity index is 982. The molecule has 1 heterocycles. The third-order valence-electron chi connectivity index (χ3n) is 4.15. The van der Waals surface area contributed by atoms with Gasteiger partial charge in [0.25, 0.3) is 0 Å². The molecular weight excluding hydrogens is 430 g/mol. The zero-order chi connectivity index (χ0) is 19.6. The van der Waals surface area contributed by atoms with Gasteiger partial charge in [0.15, 0.2) is 5.78 Å². The molecule has 3 aromatic rings. The number of nitrogens with zero attached hydrogens (tertiary/aromatic N) is 2. The molecule has 0 bridgehead atoms. The number of hydrogen-bond acceptors (Lipinski definition) is 3. The number of aryl methyl sites for hydroxylation is 1. The maximum absolute atomic E-state index is 12.9. The minimum atomic E-state index is -0.551. The van der Waals surface area contributed by atoms with Crippen LogP contribution in [0.3, 0.4) is 0 Å². The first-order valence-electron chi connectivity index (χ1n) is 8.28. The standard InChI is InChI=1S/C20H17BrClN3O2/c1-12-17(21)11-25(24-12)13(2)20(27)23-18-9-8-15(22)10-16(18)19(26)14-6-4-3-5-7-14/h3-11,13H,1-2H3,(H,23,27). The lowest BCUT2D eigenvalue weighted by molar-refractivity contribution is -0.119. The summed E-state index contributed by atoms with van der Waals surface area (Å²) < 4.78 is 2.40. The highest BCUT2D eigenvalue weighted by molar-refractivity contribution is 9.10. The second kappa shape index (κ2) is 8.06. The van der Waals surface area contributed by atoms with Crippen molar-refractivity contribution in [3.63, 3.8) is 0 Å². The number of benzene rings is 2. The molecule has 1 unspecified atom stereocenters.